The lowest BCUT2D eigenvalue weighted by molar-refractivity contribution is 0.323. The average molecular weight is 279 g/mol. The second-order valence-electron chi connectivity index (χ2n) is 4.70. The molecule has 3 heteroatoms. The molecular formula is C13H15BrN2. The first kappa shape index (κ1) is 10.5. The summed E-state index contributed by atoms with van der Waals surface area (Å²) in [5.41, 5.74) is 2.76. The zero-order valence-electron chi connectivity index (χ0n) is 9.12. The van der Waals surface area contributed by atoms with Crippen molar-refractivity contribution in [1.29, 1.82) is 0 Å². The number of hydrogen-bond acceptors (Lipinski definition) is 2. The number of piperidine rings is 1. The van der Waals surface area contributed by atoms with Crippen LogP contribution in [-0.2, 0) is 0 Å². The molecule has 16 heavy (non-hydrogen) atoms. The summed E-state index contributed by atoms with van der Waals surface area (Å²) < 4.78 is 1.07. The van der Waals surface area contributed by atoms with Crippen LogP contribution in [0, 0.1) is 11.8 Å². The number of fused-ring (bicyclic) bond motifs is 1. The molecule has 1 aromatic rings. The van der Waals surface area contributed by atoms with Gasteiger partial charge in [0.05, 0.1) is 0 Å². The summed E-state index contributed by atoms with van der Waals surface area (Å²) >= 11 is 3.48. The summed E-state index contributed by atoms with van der Waals surface area (Å²) in [6.07, 6.45) is 8.80. The first-order valence-corrected chi connectivity index (χ1v) is 6.64. The van der Waals surface area contributed by atoms with E-state index in [1.165, 1.54) is 30.5 Å². The van der Waals surface area contributed by atoms with Crippen LogP contribution >= 0.6 is 15.9 Å². The molecule has 0 radical (unpaired) electrons. The molecule has 2 atom stereocenters. The Morgan fingerprint density at radius 2 is 2.31 bits per heavy atom. The highest BCUT2D eigenvalue weighted by Gasteiger charge is 2.29. The molecule has 0 bridgehead atoms. The van der Waals surface area contributed by atoms with E-state index < -0.39 is 0 Å². The maximum Gasteiger partial charge on any atom is 0.0410 e. The lowest BCUT2D eigenvalue weighted by Crippen LogP contribution is -2.33. The number of nitrogens with zero attached hydrogens (tertiary/aromatic N) is 1. The lowest BCUT2D eigenvalue weighted by atomic mass is 9.89. The van der Waals surface area contributed by atoms with Gasteiger partial charge in [0.2, 0.25) is 0 Å². The van der Waals surface area contributed by atoms with E-state index in [9.17, 15) is 0 Å². The van der Waals surface area contributed by atoms with Gasteiger partial charge in [-0.15, -0.1) is 0 Å². The summed E-state index contributed by atoms with van der Waals surface area (Å²) in [5.74, 6) is 1.60. The molecule has 1 fully saturated rings. The van der Waals surface area contributed by atoms with E-state index in [0.717, 1.165) is 22.9 Å². The monoisotopic (exact) mass is 278 g/mol. The minimum atomic E-state index is 0.739. The van der Waals surface area contributed by atoms with Gasteiger partial charge in [-0.2, -0.15) is 0 Å². The highest BCUT2D eigenvalue weighted by molar-refractivity contribution is 9.10. The summed E-state index contributed by atoms with van der Waals surface area (Å²) in [6, 6.07) is 2.17. The third-order valence-electron chi connectivity index (χ3n) is 3.65. The van der Waals surface area contributed by atoms with Crippen LogP contribution in [0.15, 0.2) is 29.0 Å². The van der Waals surface area contributed by atoms with Crippen molar-refractivity contribution >= 4 is 21.5 Å². The summed E-state index contributed by atoms with van der Waals surface area (Å²) in [4.78, 5) is 4.24. The van der Waals surface area contributed by atoms with E-state index >= 15 is 0 Å². The van der Waals surface area contributed by atoms with Crippen LogP contribution in [0.2, 0.25) is 0 Å². The van der Waals surface area contributed by atoms with Crippen molar-refractivity contribution in [3.63, 3.8) is 0 Å². The van der Waals surface area contributed by atoms with E-state index in [0.29, 0.717) is 0 Å². The number of allylic oxidation sites excluding steroid dienone is 1. The standard InChI is InChI=1S/C13H15BrN2/c14-13-5-12(7-16-8-13)10-3-9-1-2-15-6-11(9)4-10/h4-5,7-9,11,15H,1-3,6H2/t9-,11-/m0/s1. The Balaban J connectivity index is 1.86. The number of rotatable bonds is 1. The van der Waals surface area contributed by atoms with Gasteiger partial charge in [0, 0.05) is 23.4 Å². The molecule has 0 unspecified atom stereocenters. The van der Waals surface area contributed by atoms with Crippen LogP contribution in [0.5, 0.6) is 0 Å². The molecule has 0 aromatic carbocycles. The SMILES string of the molecule is Brc1cncc(C2=C[C@H]3CNCC[C@H]3C2)c1. The molecule has 1 aliphatic heterocycles. The van der Waals surface area contributed by atoms with Crippen molar-refractivity contribution in [2.45, 2.75) is 12.8 Å². The van der Waals surface area contributed by atoms with Crippen LogP contribution in [0.3, 0.4) is 0 Å². The Labute approximate surface area is 104 Å². The zero-order chi connectivity index (χ0) is 11.0. The summed E-state index contributed by atoms with van der Waals surface area (Å²) in [6.45, 7) is 2.33. The van der Waals surface area contributed by atoms with Crippen LogP contribution in [0.4, 0.5) is 0 Å². The number of pyridine rings is 1. The molecule has 1 aromatic heterocycles. The van der Waals surface area contributed by atoms with Gasteiger partial charge in [-0.05, 0) is 64.4 Å². The molecule has 3 rings (SSSR count). The van der Waals surface area contributed by atoms with Crippen LogP contribution in [0.25, 0.3) is 5.57 Å². The fourth-order valence-corrected chi connectivity index (χ4v) is 3.16. The predicted octanol–water partition coefficient (Wildman–Crippen LogP) is 2.86. The highest BCUT2D eigenvalue weighted by Crippen LogP contribution is 2.39. The smallest absolute Gasteiger partial charge is 0.0410 e. The quantitative estimate of drug-likeness (QED) is 0.855. The van der Waals surface area contributed by atoms with Gasteiger partial charge < -0.3 is 5.32 Å². The first-order valence-electron chi connectivity index (χ1n) is 5.85. The fourth-order valence-electron chi connectivity index (χ4n) is 2.80. The molecular weight excluding hydrogens is 264 g/mol. The Bertz CT molecular complexity index is 428. The minimum Gasteiger partial charge on any atom is -0.316 e. The van der Waals surface area contributed by atoms with E-state index in [-0.39, 0.29) is 0 Å². The number of aromatic nitrogens is 1. The van der Waals surface area contributed by atoms with Gasteiger partial charge in [0.25, 0.3) is 0 Å². The lowest BCUT2D eigenvalue weighted by Gasteiger charge is -2.25. The Morgan fingerprint density at radius 3 is 3.12 bits per heavy atom. The second kappa shape index (κ2) is 4.30. The third kappa shape index (κ3) is 1.94. The average Bonchev–Trinajstić information content (AvgIpc) is 2.72. The van der Waals surface area contributed by atoms with Gasteiger partial charge >= 0.3 is 0 Å². The highest BCUT2D eigenvalue weighted by atomic mass is 79.9. The Morgan fingerprint density at radius 1 is 1.38 bits per heavy atom. The Kier molecular flexibility index (Phi) is 2.82. The van der Waals surface area contributed by atoms with Crippen LogP contribution < -0.4 is 5.32 Å². The normalized spacial score (nSPS) is 28.7. The molecule has 1 saturated heterocycles. The van der Waals surface area contributed by atoms with E-state index in [1.807, 2.05) is 12.4 Å². The van der Waals surface area contributed by atoms with Gasteiger partial charge in [-0.1, -0.05) is 6.08 Å². The van der Waals surface area contributed by atoms with Crippen molar-refractivity contribution in [3.8, 4) is 0 Å². The molecule has 2 aliphatic rings. The van der Waals surface area contributed by atoms with Gasteiger partial charge in [0.1, 0.15) is 0 Å². The Hall–Kier alpha value is -0.670. The van der Waals surface area contributed by atoms with Gasteiger partial charge in [0.15, 0.2) is 0 Å². The van der Waals surface area contributed by atoms with Crippen molar-refractivity contribution < 1.29 is 0 Å². The molecule has 0 amide bonds. The van der Waals surface area contributed by atoms with Crippen molar-refractivity contribution in [2.24, 2.45) is 11.8 Å². The molecule has 84 valence electrons. The van der Waals surface area contributed by atoms with Crippen LogP contribution in [0.1, 0.15) is 18.4 Å². The van der Waals surface area contributed by atoms with E-state index in [2.05, 4.69) is 38.4 Å². The maximum atomic E-state index is 4.24. The topological polar surface area (TPSA) is 24.9 Å². The number of nitrogens with one attached hydrogen (secondary N) is 1. The molecule has 2 heterocycles. The molecule has 1 N–H and O–H groups in total. The summed E-state index contributed by atoms with van der Waals surface area (Å²) in [7, 11) is 0. The molecule has 0 saturated carbocycles. The molecule has 0 spiro atoms. The van der Waals surface area contributed by atoms with Gasteiger partial charge in [-0.25, -0.2) is 0 Å². The van der Waals surface area contributed by atoms with E-state index in [1.54, 1.807) is 0 Å². The van der Waals surface area contributed by atoms with Gasteiger partial charge in [-0.3, -0.25) is 4.98 Å². The van der Waals surface area contributed by atoms with E-state index in [4.69, 9.17) is 0 Å². The maximum absolute atomic E-state index is 4.24. The minimum absolute atomic E-state index is 0.739. The van der Waals surface area contributed by atoms with Crippen LogP contribution in [-0.4, -0.2) is 18.1 Å². The van der Waals surface area contributed by atoms with Crippen molar-refractivity contribution in [1.82, 2.24) is 10.3 Å². The second-order valence-corrected chi connectivity index (χ2v) is 5.62. The largest absolute Gasteiger partial charge is 0.316 e. The number of halogens is 1. The summed E-state index contributed by atoms with van der Waals surface area (Å²) in [5, 5.41) is 3.47. The number of hydrogen-bond donors (Lipinski definition) is 1. The third-order valence-corrected chi connectivity index (χ3v) is 4.08. The zero-order valence-corrected chi connectivity index (χ0v) is 10.7. The van der Waals surface area contributed by atoms with Crippen molar-refractivity contribution in [3.05, 3.63) is 34.6 Å². The molecule has 2 nitrogen and oxygen atoms in total. The van der Waals surface area contributed by atoms with Crippen molar-refractivity contribution in [2.75, 3.05) is 13.1 Å². The predicted molar refractivity (Wildman–Crippen MR) is 69.0 cm³/mol. The fraction of sp³-hybridized carbons (Fsp3) is 0.462. The molecule has 1 aliphatic carbocycles. The first-order chi connectivity index (χ1) is 7.83.